The van der Waals surface area contributed by atoms with E-state index in [1.807, 2.05) is 0 Å². The molecule has 1 aromatic rings. The molecule has 1 heterocycles. The van der Waals surface area contributed by atoms with Gasteiger partial charge in [0.25, 0.3) is 0 Å². The van der Waals surface area contributed by atoms with Gasteiger partial charge in [-0.3, -0.25) is 0 Å². The Morgan fingerprint density at radius 3 is 2.90 bits per heavy atom. The average Bonchev–Trinajstić information content (AvgIpc) is 2.42. The van der Waals surface area contributed by atoms with Crippen molar-refractivity contribution in [3.63, 3.8) is 0 Å². The van der Waals surface area contributed by atoms with E-state index in [9.17, 15) is 8.42 Å². The Kier molecular flexibility index (Phi) is 4.70. The van der Waals surface area contributed by atoms with Gasteiger partial charge in [-0.25, -0.2) is 8.42 Å². The molecule has 6 nitrogen and oxygen atoms in total. The molecule has 1 aromatic carbocycles. The topological polar surface area (TPSA) is 92.9 Å². The molecule has 0 saturated carbocycles. The van der Waals surface area contributed by atoms with Gasteiger partial charge < -0.3 is 15.6 Å². The van der Waals surface area contributed by atoms with Gasteiger partial charge >= 0.3 is 0 Å². The molecule has 1 saturated heterocycles. The van der Waals surface area contributed by atoms with Crippen LogP contribution in [0.3, 0.4) is 0 Å². The van der Waals surface area contributed by atoms with Crippen LogP contribution >= 0.6 is 15.9 Å². The molecule has 0 aliphatic carbocycles. The summed E-state index contributed by atoms with van der Waals surface area (Å²) in [5, 5.41) is 9.11. The first-order chi connectivity index (χ1) is 9.36. The van der Waals surface area contributed by atoms with Crippen molar-refractivity contribution in [1.29, 1.82) is 0 Å². The van der Waals surface area contributed by atoms with Gasteiger partial charge in [0.1, 0.15) is 0 Å². The lowest BCUT2D eigenvalue weighted by molar-refractivity contribution is -0.0304. The van der Waals surface area contributed by atoms with E-state index in [-0.39, 0.29) is 31.2 Å². The average molecular weight is 365 g/mol. The number of hydrogen-bond donors (Lipinski definition) is 2. The number of halogens is 1. The summed E-state index contributed by atoms with van der Waals surface area (Å²) in [4.78, 5) is 0.183. The molecular formula is C12H17BrN2O4S. The number of nitrogen functional groups attached to an aromatic ring is 1. The number of aliphatic hydroxyl groups excluding tert-OH is 1. The zero-order valence-corrected chi connectivity index (χ0v) is 13.4. The largest absolute Gasteiger partial charge is 0.398 e. The summed E-state index contributed by atoms with van der Waals surface area (Å²) in [6.07, 6.45) is -0.483. The maximum Gasteiger partial charge on any atom is 0.243 e. The van der Waals surface area contributed by atoms with Gasteiger partial charge in [0.15, 0.2) is 0 Å². The highest BCUT2D eigenvalue weighted by Crippen LogP contribution is 2.29. The van der Waals surface area contributed by atoms with E-state index in [1.54, 1.807) is 19.1 Å². The molecular weight excluding hydrogens is 348 g/mol. The molecule has 8 heteroatoms. The smallest absolute Gasteiger partial charge is 0.243 e. The van der Waals surface area contributed by atoms with Gasteiger partial charge in [-0.15, -0.1) is 0 Å². The minimum Gasteiger partial charge on any atom is -0.398 e. The van der Waals surface area contributed by atoms with E-state index >= 15 is 0 Å². The van der Waals surface area contributed by atoms with Crippen molar-refractivity contribution in [2.24, 2.45) is 0 Å². The number of ether oxygens (including phenoxy) is 1. The van der Waals surface area contributed by atoms with E-state index < -0.39 is 16.1 Å². The van der Waals surface area contributed by atoms with Crippen molar-refractivity contribution >= 4 is 31.6 Å². The molecule has 0 spiro atoms. The van der Waals surface area contributed by atoms with Crippen molar-refractivity contribution < 1.29 is 18.3 Å². The summed E-state index contributed by atoms with van der Waals surface area (Å²) in [5.41, 5.74) is 6.77. The highest BCUT2D eigenvalue weighted by Gasteiger charge is 2.32. The van der Waals surface area contributed by atoms with Crippen LogP contribution in [0.4, 0.5) is 5.69 Å². The van der Waals surface area contributed by atoms with Crippen LogP contribution in [0, 0.1) is 6.92 Å². The Labute approximate surface area is 126 Å². The van der Waals surface area contributed by atoms with E-state index in [2.05, 4.69) is 15.9 Å². The molecule has 2 rings (SSSR count). The molecule has 1 aliphatic heterocycles. The minimum atomic E-state index is -3.65. The molecule has 0 amide bonds. The summed E-state index contributed by atoms with van der Waals surface area (Å²) in [7, 11) is -3.65. The van der Waals surface area contributed by atoms with Gasteiger partial charge in [-0.05, 0) is 24.6 Å². The number of anilines is 1. The fraction of sp³-hybridized carbons (Fsp3) is 0.500. The summed E-state index contributed by atoms with van der Waals surface area (Å²) in [6, 6.07) is 3.22. The molecule has 1 atom stereocenters. The van der Waals surface area contributed by atoms with Gasteiger partial charge in [-0.1, -0.05) is 15.9 Å². The third-order valence-corrected chi connectivity index (χ3v) is 5.74. The summed E-state index contributed by atoms with van der Waals surface area (Å²) < 4.78 is 32.6. The number of rotatable bonds is 3. The van der Waals surface area contributed by atoms with Gasteiger partial charge in [-0.2, -0.15) is 4.31 Å². The predicted molar refractivity (Wildman–Crippen MR) is 78.9 cm³/mol. The lowest BCUT2D eigenvalue weighted by atomic mass is 10.2. The zero-order chi connectivity index (χ0) is 14.9. The monoisotopic (exact) mass is 364 g/mol. The van der Waals surface area contributed by atoms with Crippen molar-refractivity contribution in [2.75, 3.05) is 32.0 Å². The summed E-state index contributed by atoms with van der Waals surface area (Å²) >= 11 is 3.26. The van der Waals surface area contributed by atoms with Crippen LogP contribution in [0.2, 0.25) is 0 Å². The highest BCUT2D eigenvalue weighted by molar-refractivity contribution is 9.10. The van der Waals surface area contributed by atoms with E-state index in [1.165, 1.54) is 4.31 Å². The van der Waals surface area contributed by atoms with Gasteiger partial charge in [0.05, 0.1) is 24.2 Å². The Morgan fingerprint density at radius 2 is 2.25 bits per heavy atom. The first-order valence-corrected chi connectivity index (χ1v) is 8.38. The van der Waals surface area contributed by atoms with E-state index in [0.717, 1.165) is 0 Å². The van der Waals surface area contributed by atoms with Crippen LogP contribution in [0.5, 0.6) is 0 Å². The molecule has 1 aliphatic rings. The number of hydrogen-bond acceptors (Lipinski definition) is 5. The molecule has 112 valence electrons. The van der Waals surface area contributed by atoms with Crippen molar-refractivity contribution in [2.45, 2.75) is 17.9 Å². The minimum absolute atomic E-state index is 0.144. The highest BCUT2D eigenvalue weighted by atomic mass is 79.9. The normalized spacial score (nSPS) is 21.1. The number of nitrogens with zero attached hydrogens (tertiary/aromatic N) is 1. The zero-order valence-electron chi connectivity index (χ0n) is 11.0. The number of morpholine rings is 1. The third-order valence-electron chi connectivity index (χ3n) is 3.29. The van der Waals surface area contributed by atoms with Crippen molar-refractivity contribution in [3.05, 3.63) is 22.2 Å². The molecule has 0 radical (unpaired) electrons. The van der Waals surface area contributed by atoms with Crippen LogP contribution in [0.25, 0.3) is 0 Å². The first kappa shape index (κ1) is 15.7. The number of benzene rings is 1. The molecule has 3 N–H and O–H groups in total. The van der Waals surface area contributed by atoms with Crippen LogP contribution in [0.15, 0.2) is 21.5 Å². The van der Waals surface area contributed by atoms with Crippen molar-refractivity contribution in [3.8, 4) is 0 Å². The Bertz CT molecular complexity index is 606. The molecule has 1 unspecified atom stereocenters. The van der Waals surface area contributed by atoms with Crippen LogP contribution in [-0.4, -0.2) is 50.2 Å². The quantitative estimate of drug-likeness (QED) is 0.770. The second-order valence-corrected chi connectivity index (χ2v) is 7.48. The number of aliphatic hydroxyl groups is 1. The molecule has 0 bridgehead atoms. The third kappa shape index (κ3) is 2.99. The maximum absolute atomic E-state index is 12.7. The Hall–Kier alpha value is -0.670. The molecule has 0 aromatic heterocycles. The Balaban J connectivity index is 2.40. The predicted octanol–water partition coefficient (Wildman–Crippen LogP) is 0.722. The lowest BCUT2D eigenvalue weighted by Gasteiger charge is -2.31. The van der Waals surface area contributed by atoms with Crippen LogP contribution in [0.1, 0.15) is 5.56 Å². The van der Waals surface area contributed by atoms with Crippen molar-refractivity contribution in [1.82, 2.24) is 4.31 Å². The fourth-order valence-electron chi connectivity index (χ4n) is 2.10. The summed E-state index contributed by atoms with van der Waals surface area (Å²) in [6.45, 7) is 2.16. The van der Waals surface area contributed by atoms with Gasteiger partial charge in [0.2, 0.25) is 10.0 Å². The molecule has 1 fully saturated rings. The standard InChI is InChI=1S/C12H17BrN2O4S/c1-8-11(14)4-9(13)5-12(8)20(17,18)15-2-3-19-10(6-15)7-16/h4-5,10,16H,2-3,6-7,14H2,1H3. The van der Waals surface area contributed by atoms with Crippen LogP contribution in [-0.2, 0) is 14.8 Å². The Morgan fingerprint density at radius 1 is 1.55 bits per heavy atom. The van der Waals surface area contributed by atoms with Gasteiger partial charge in [0, 0.05) is 23.2 Å². The SMILES string of the molecule is Cc1c(N)cc(Br)cc1S(=O)(=O)N1CCOC(CO)C1. The first-order valence-electron chi connectivity index (χ1n) is 6.14. The fourth-order valence-corrected chi connectivity index (χ4v) is 4.47. The number of nitrogens with two attached hydrogens (primary N) is 1. The summed E-state index contributed by atoms with van der Waals surface area (Å²) in [5.74, 6) is 0. The second kappa shape index (κ2) is 5.98. The number of sulfonamides is 1. The van der Waals surface area contributed by atoms with E-state index in [0.29, 0.717) is 15.7 Å². The van der Waals surface area contributed by atoms with Crippen LogP contribution < -0.4 is 5.73 Å². The lowest BCUT2D eigenvalue weighted by Crippen LogP contribution is -2.46. The molecule has 20 heavy (non-hydrogen) atoms. The maximum atomic E-state index is 12.7. The second-order valence-electron chi connectivity index (χ2n) is 4.66. The van der Waals surface area contributed by atoms with E-state index in [4.69, 9.17) is 15.6 Å².